The van der Waals surface area contributed by atoms with Crippen LogP contribution < -0.4 is 0 Å². The number of morpholine rings is 1. The van der Waals surface area contributed by atoms with Crippen LogP contribution in [0.15, 0.2) is 11.6 Å². The van der Waals surface area contributed by atoms with Crippen molar-refractivity contribution in [2.45, 2.75) is 39.7 Å². The summed E-state index contributed by atoms with van der Waals surface area (Å²) in [6.45, 7) is 9.77. The minimum Gasteiger partial charge on any atom is -0.478 e. The van der Waals surface area contributed by atoms with Crippen LogP contribution in [0.5, 0.6) is 0 Å². The largest absolute Gasteiger partial charge is 0.478 e. The summed E-state index contributed by atoms with van der Waals surface area (Å²) < 4.78 is 10.6. The van der Waals surface area contributed by atoms with E-state index in [2.05, 4.69) is 4.90 Å². The Morgan fingerprint density at radius 2 is 1.91 bits per heavy atom. The summed E-state index contributed by atoms with van der Waals surface area (Å²) in [6, 6.07) is 0. The van der Waals surface area contributed by atoms with Gasteiger partial charge in [-0.3, -0.25) is 4.90 Å². The number of ether oxygens (including phenoxy) is 2. The van der Waals surface area contributed by atoms with Crippen LogP contribution in [0.3, 0.4) is 0 Å². The highest BCUT2D eigenvalue weighted by Gasteiger charge is 2.18. The lowest BCUT2D eigenvalue weighted by molar-refractivity contribution is -0.146. The van der Waals surface area contributed by atoms with Gasteiger partial charge in [-0.05, 0) is 32.2 Å². The van der Waals surface area contributed by atoms with Crippen LogP contribution in [0.25, 0.3) is 0 Å². The average Bonchev–Trinajstić information content (AvgIpc) is 2.46. The van der Waals surface area contributed by atoms with Crippen molar-refractivity contribution < 1.29 is 24.2 Å². The number of hydrogen-bond donors (Lipinski definition) is 1. The topological polar surface area (TPSA) is 76.1 Å². The van der Waals surface area contributed by atoms with Gasteiger partial charge in [0.1, 0.15) is 6.10 Å². The second kappa shape index (κ2) is 9.58. The van der Waals surface area contributed by atoms with E-state index in [1.54, 1.807) is 0 Å². The Bertz CT molecular complexity index is 399. The first-order valence-electron chi connectivity index (χ1n) is 7.84. The third kappa shape index (κ3) is 7.04. The molecule has 1 N–H and O–H groups in total. The van der Waals surface area contributed by atoms with Gasteiger partial charge in [0, 0.05) is 24.7 Å². The highest BCUT2D eigenvalue weighted by Crippen LogP contribution is 2.13. The van der Waals surface area contributed by atoms with Gasteiger partial charge in [-0.2, -0.15) is 0 Å². The van der Waals surface area contributed by atoms with E-state index in [1.165, 1.54) is 0 Å². The average molecular weight is 313 g/mol. The monoisotopic (exact) mass is 313 g/mol. The Hall–Kier alpha value is -1.40. The van der Waals surface area contributed by atoms with Gasteiger partial charge in [0.25, 0.3) is 0 Å². The van der Waals surface area contributed by atoms with Crippen LogP contribution in [-0.2, 0) is 19.1 Å². The Morgan fingerprint density at radius 3 is 2.45 bits per heavy atom. The van der Waals surface area contributed by atoms with Gasteiger partial charge in [-0.15, -0.1) is 0 Å². The normalized spacial score (nSPS) is 18.3. The number of carbonyl (C=O) groups excluding carboxylic acids is 1. The van der Waals surface area contributed by atoms with Crippen molar-refractivity contribution >= 4 is 11.9 Å². The number of rotatable bonds is 8. The number of hydrogen-bond acceptors (Lipinski definition) is 5. The molecule has 1 heterocycles. The van der Waals surface area contributed by atoms with E-state index in [0.717, 1.165) is 45.3 Å². The first-order chi connectivity index (χ1) is 10.4. The smallest absolute Gasteiger partial charge is 0.334 e. The lowest BCUT2D eigenvalue weighted by Gasteiger charge is -2.26. The maximum Gasteiger partial charge on any atom is 0.334 e. The molecule has 0 aliphatic carbocycles. The second-order valence-corrected chi connectivity index (χ2v) is 5.92. The van der Waals surface area contributed by atoms with Crippen molar-refractivity contribution in [3.8, 4) is 0 Å². The fraction of sp³-hybridized carbons (Fsp3) is 0.750. The van der Waals surface area contributed by atoms with E-state index in [0.29, 0.717) is 6.42 Å². The molecule has 1 fully saturated rings. The van der Waals surface area contributed by atoms with E-state index < -0.39 is 11.9 Å². The molecule has 1 aliphatic rings. The first kappa shape index (κ1) is 18.6. The predicted molar refractivity (Wildman–Crippen MR) is 82.6 cm³/mol. The molecular formula is C16H27NO5. The lowest BCUT2D eigenvalue weighted by Crippen LogP contribution is -2.36. The molecule has 0 spiro atoms. The van der Waals surface area contributed by atoms with Gasteiger partial charge < -0.3 is 14.6 Å². The minimum absolute atomic E-state index is 0.198. The summed E-state index contributed by atoms with van der Waals surface area (Å²) >= 11 is 0. The zero-order chi connectivity index (χ0) is 16.5. The minimum atomic E-state index is -1.12. The second-order valence-electron chi connectivity index (χ2n) is 5.92. The third-order valence-corrected chi connectivity index (χ3v) is 3.82. The molecular weight excluding hydrogens is 286 g/mol. The summed E-state index contributed by atoms with van der Waals surface area (Å²) in [5, 5.41) is 8.91. The van der Waals surface area contributed by atoms with Crippen molar-refractivity contribution in [3.63, 3.8) is 0 Å². The molecule has 0 radical (unpaired) electrons. The molecule has 6 nitrogen and oxygen atoms in total. The van der Waals surface area contributed by atoms with Gasteiger partial charge in [0.05, 0.1) is 13.2 Å². The van der Waals surface area contributed by atoms with Crippen LogP contribution in [0.4, 0.5) is 0 Å². The Kier molecular flexibility index (Phi) is 8.12. The quantitative estimate of drug-likeness (QED) is 0.543. The zero-order valence-electron chi connectivity index (χ0n) is 13.7. The van der Waals surface area contributed by atoms with Crippen molar-refractivity contribution in [1.29, 1.82) is 0 Å². The van der Waals surface area contributed by atoms with Gasteiger partial charge in [-0.25, -0.2) is 9.59 Å². The molecule has 126 valence electrons. The number of carboxylic acid groups (broad SMARTS) is 1. The van der Waals surface area contributed by atoms with E-state index in [4.69, 9.17) is 14.6 Å². The third-order valence-electron chi connectivity index (χ3n) is 3.82. The van der Waals surface area contributed by atoms with Gasteiger partial charge in [0.2, 0.25) is 0 Å². The Morgan fingerprint density at radius 1 is 1.27 bits per heavy atom. The Balaban J connectivity index is 2.49. The van der Waals surface area contributed by atoms with Crippen molar-refractivity contribution in [3.05, 3.63) is 11.6 Å². The molecule has 0 bridgehead atoms. The van der Waals surface area contributed by atoms with Crippen LogP contribution in [0.2, 0.25) is 0 Å². The molecule has 1 rings (SSSR count). The number of carboxylic acids is 1. The van der Waals surface area contributed by atoms with Crippen molar-refractivity contribution in [2.75, 3.05) is 32.8 Å². The fourth-order valence-electron chi connectivity index (χ4n) is 2.08. The molecule has 0 amide bonds. The molecule has 6 heteroatoms. The summed E-state index contributed by atoms with van der Waals surface area (Å²) in [4.78, 5) is 25.2. The molecule has 1 aliphatic heterocycles. The molecule has 22 heavy (non-hydrogen) atoms. The van der Waals surface area contributed by atoms with Crippen LogP contribution in [-0.4, -0.2) is 60.9 Å². The van der Waals surface area contributed by atoms with E-state index in [9.17, 15) is 9.59 Å². The van der Waals surface area contributed by atoms with E-state index in [1.807, 2.05) is 20.8 Å². The van der Waals surface area contributed by atoms with E-state index >= 15 is 0 Å². The summed E-state index contributed by atoms with van der Waals surface area (Å²) in [7, 11) is 0. The lowest BCUT2D eigenvalue weighted by atomic mass is 10.1. The van der Waals surface area contributed by atoms with Crippen molar-refractivity contribution in [2.24, 2.45) is 5.92 Å². The molecule has 0 aromatic heterocycles. The molecule has 1 unspecified atom stereocenters. The highest BCUT2D eigenvalue weighted by molar-refractivity contribution is 5.95. The summed E-state index contributed by atoms with van der Waals surface area (Å²) in [5.74, 6) is -1.44. The van der Waals surface area contributed by atoms with Crippen molar-refractivity contribution in [1.82, 2.24) is 4.90 Å². The molecule has 0 aromatic carbocycles. The SMILES string of the molecule is CC(C)C(C)OC(=O)/C(=C/C(=O)O)CCCN1CCOCC1. The number of aliphatic carboxylic acids is 1. The molecule has 0 saturated carbocycles. The predicted octanol–water partition coefficient (Wildman–Crippen LogP) is 1.70. The summed E-state index contributed by atoms with van der Waals surface area (Å²) in [6.07, 6.45) is 1.87. The van der Waals surface area contributed by atoms with Gasteiger partial charge in [0.15, 0.2) is 0 Å². The maximum atomic E-state index is 12.1. The first-order valence-corrected chi connectivity index (χ1v) is 7.84. The zero-order valence-corrected chi connectivity index (χ0v) is 13.7. The maximum absolute atomic E-state index is 12.1. The van der Waals surface area contributed by atoms with Gasteiger partial charge >= 0.3 is 11.9 Å². The molecule has 0 aromatic rings. The Labute approximate surface area is 132 Å². The van der Waals surface area contributed by atoms with Crippen LogP contribution >= 0.6 is 0 Å². The number of carbonyl (C=O) groups is 2. The highest BCUT2D eigenvalue weighted by atomic mass is 16.5. The molecule has 1 saturated heterocycles. The van der Waals surface area contributed by atoms with Crippen LogP contribution in [0.1, 0.15) is 33.6 Å². The molecule has 1 atom stereocenters. The standard InChI is InChI=1S/C16H27NO5/c1-12(2)13(3)22-16(20)14(11-15(18)19)5-4-6-17-7-9-21-10-8-17/h11-13H,4-10H2,1-3H3,(H,18,19)/b14-11+. The van der Waals surface area contributed by atoms with Gasteiger partial charge in [-0.1, -0.05) is 13.8 Å². The number of esters is 1. The fourth-order valence-corrected chi connectivity index (χ4v) is 2.08. The number of nitrogens with zero attached hydrogens (tertiary/aromatic N) is 1. The van der Waals surface area contributed by atoms with Crippen LogP contribution in [0, 0.1) is 5.92 Å². The van der Waals surface area contributed by atoms with E-state index in [-0.39, 0.29) is 17.6 Å². The summed E-state index contributed by atoms with van der Waals surface area (Å²) in [5.41, 5.74) is 0.230.